The largest absolute Gasteiger partial charge is 0.310 e. The van der Waals surface area contributed by atoms with Crippen LogP contribution in [0.2, 0.25) is 10.0 Å². The molecule has 1 N–H and O–H groups in total. The van der Waals surface area contributed by atoms with Gasteiger partial charge in [0.05, 0.1) is 0 Å². The monoisotopic (exact) mass is 325 g/mol. The Morgan fingerprint density at radius 3 is 2.43 bits per heavy atom. The molecule has 0 saturated carbocycles. The maximum atomic E-state index is 13.1. The molecule has 0 aromatic heterocycles. The predicted molar refractivity (Wildman–Crippen MR) is 87.6 cm³/mol. The van der Waals surface area contributed by atoms with Crippen LogP contribution in [0.15, 0.2) is 42.5 Å². The quantitative estimate of drug-likeness (QED) is 0.748. The van der Waals surface area contributed by atoms with Crippen LogP contribution < -0.4 is 5.32 Å². The third-order valence-electron chi connectivity index (χ3n) is 3.35. The van der Waals surface area contributed by atoms with E-state index in [1.54, 1.807) is 6.07 Å². The zero-order valence-electron chi connectivity index (χ0n) is 11.9. The lowest BCUT2D eigenvalue weighted by Gasteiger charge is -2.20. The van der Waals surface area contributed by atoms with E-state index in [2.05, 4.69) is 12.2 Å². The molecule has 1 unspecified atom stereocenters. The van der Waals surface area contributed by atoms with Gasteiger partial charge in [0.2, 0.25) is 0 Å². The first-order valence-electron chi connectivity index (χ1n) is 7.03. The van der Waals surface area contributed by atoms with E-state index in [1.165, 1.54) is 12.1 Å². The normalized spacial score (nSPS) is 12.4. The molecule has 0 aliphatic heterocycles. The number of benzene rings is 2. The molecule has 2 rings (SSSR count). The smallest absolute Gasteiger partial charge is 0.124 e. The lowest BCUT2D eigenvalue weighted by Crippen LogP contribution is -2.24. The van der Waals surface area contributed by atoms with Crippen molar-refractivity contribution in [2.24, 2.45) is 0 Å². The molecule has 0 heterocycles. The highest BCUT2D eigenvalue weighted by Crippen LogP contribution is 2.25. The van der Waals surface area contributed by atoms with Crippen LogP contribution in [-0.4, -0.2) is 6.54 Å². The molecule has 1 nitrogen and oxygen atoms in total. The molecular formula is C17H18Cl2FN. The molecule has 0 spiro atoms. The van der Waals surface area contributed by atoms with Crippen molar-refractivity contribution in [1.82, 2.24) is 5.32 Å². The van der Waals surface area contributed by atoms with Gasteiger partial charge in [0, 0.05) is 16.1 Å². The summed E-state index contributed by atoms with van der Waals surface area (Å²) in [6, 6.07) is 12.4. The van der Waals surface area contributed by atoms with E-state index in [9.17, 15) is 4.39 Å². The summed E-state index contributed by atoms with van der Waals surface area (Å²) >= 11 is 12.1. The van der Waals surface area contributed by atoms with Crippen LogP contribution in [0.3, 0.4) is 0 Å². The van der Waals surface area contributed by atoms with E-state index in [0.29, 0.717) is 16.5 Å². The fourth-order valence-electron chi connectivity index (χ4n) is 2.23. The van der Waals surface area contributed by atoms with Gasteiger partial charge in [-0.3, -0.25) is 0 Å². The van der Waals surface area contributed by atoms with Gasteiger partial charge in [-0.1, -0.05) is 48.3 Å². The van der Waals surface area contributed by atoms with Crippen molar-refractivity contribution in [2.45, 2.75) is 25.8 Å². The fraction of sp³-hybridized carbons (Fsp3) is 0.294. The van der Waals surface area contributed by atoms with Crippen LogP contribution in [0.1, 0.15) is 30.5 Å². The molecule has 0 aliphatic rings. The molecule has 4 heteroatoms. The minimum Gasteiger partial charge on any atom is -0.310 e. The number of nitrogens with one attached hydrogen (secondary N) is 1. The molecule has 0 aliphatic carbocycles. The summed E-state index contributed by atoms with van der Waals surface area (Å²) in [7, 11) is 0. The SMILES string of the molecule is CCCNC(Cc1ccc(F)cc1Cl)c1ccc(Cl)cc1. The zero-order chi connectivity index (χ0) is 15.2. The third-order valence-corrected chi connectivity index (χ3v) is 3.96. The van der Waals surface area contributed by atoms with Gasteiger partial charge in [-0.05, 0) is 54.8 Å². The van der Waals surface area contributed by atoms with Crippen molar-refractivity contribution in [3.05, 3.63) is 69.5 Å². The number of rotatable bonds is 6. The molecule has 0 amide bonds. The van der Waals surface area contributed by atoms with Crippen LogP contribution in [0.5, 0.6) is 0 Å². The van der Waals surface area contributed by atoms with Gasteiger partial charge >= 0.3 is 0 Å². The first-order valence-corrected chi connectivity index (χ1v) is 7.78. The Kier molecular flexibility index (Phi) is 6.04. The van der Waals surface area contributed by atoms with E-state index in [0.717, 1.165) is 24.1 Å². The molecule has 112 valence electrons. The molecule has 0 saturated heterocycles. The molecule has 2 aromatic rings. The molecule has 1 atom stereocenters. The van der Waals surface area contributed by atoms with Crippen molar-refractivity contribution >= 4 is 23.2 Å². The Bertz CT molecular complexity index is 584. The fourth-order valence-corrected chi connectivity index (χ4v) is 2.60. The summed E-state index contributed by atoms with van der Waals surface area (Å²) in [5, 5.41) is 4.68. The van der Waals surface area contributed by atoms with Gasteiger partial charge in [-0.2, -0.15) is 0 Å². The average Bonchev–Trinajstić information content (AvgIpc) is 2.46. The maximum Gasteiger partial charge on any atom is 0.124 e. The first-order chi connectivity index (χ1) is 10.1. The summed E-state index contributed by atoms with van der Waals surface area (Å²) in [5.41, 5.74) is 2.08. The van der Waals surface area contributed by atoms with E-state index < -0.39 is 0 Å². The first kappa shape index (κ1) is 16.3. The minimum atomic E-state index is -0.312. The second-order valence-corrected chi connectivity index (χ2v) is 5.84. The summed E-state index contributed by atoms with van der Waals surface area (Å²) < 4.78 is 13.1. The zero-order valence-corrected chi connectivity index (χ0v) is 13.4. The molecule has 0 fully saturated rings. The Hall–Kier alpha value is -1.09. The summed E-state index contributed by atoms with van der Waals surface area (Å²) in [4.78, 5) is 0. The topological polar surface area (TPSA) is 12.0 Å². The highest BCUT2D eigenvalue weighted by molar-refractivity contribution is 6.31. The van der Waals surface area contributed by atoms with Crippen LogP contribution in [0.25, 0.3) is 0 Å². The van der Waals surface area contributed by atoms with Crippen molar-refractivity contribution in [2.75, 3.05) is 6.54 Å². The lowest BCUT2D eigenvalue weighted by atomic mass is 9.98. The van der Waals surface area contributed by atoms with Gasteiger partial charge in [-0.25, -0.2) is 4.39 Å². The summed E-state index contributed by atoms with van der Waals surface area (Å²) in [6.07, 6.45) is 1.75. The second-order valence-electron chi connectivity index (χ2n) is 5.00. The molecule has 0 radical (unpaired) electrons. The van der Waals surface area contributed by atoms with Crippen LogP contribution in [-0.2, 0) is 6.42 Å². The highest BCUT2D eigenvalue weighted by Gasteiger charge is 2.13. The van der Waals surface area contributed by atoms with Gasteiger partial charge in [0.15, 0.2) is 0 Å². The van der Waals surface area contributed by atoms with Crippen LogP contribution in [0.4, 0.5) is 4.39 Å². The maximum absolute atomic E-state index is 13.1. The summed E-state index contributed by atoms with van der Waals surface area (Å²) in [5.74, 6) is -0.312. The van der Waals surface area contributed by atoms with Crippen LogP contribution >= 0.6 is 23.2 Å². The van der Waals surface area contributed by atoms with E-state index >= 15 is 0 Å². The Balaban J connectivity index is 2.21. The van der Waals surface area contributed by atoms with E-state index in [4.69, 9.17) is 23.2 Å². The summed E-state index contributed by atoms with van der Waals surface area (Å²) in [6.45, 7) is 3.03. The van der Waals surface area contributed by atoms with E-state index in [-0.39, 0.29) is 11.9 Å². The van der Waals surface area contributed by atoms with Crippen molar-refractivity contribution in [1.29, 1.82) is 0 Å². The Morgan fingerprint density at radius 2 is 1.81 bits per heavy atom. The number of halogens is 3. The molecular weight excluding hydrogens is 308 g/mol. The highest BCUT2D eigenvalue weighted by atomic mass is 35.5. The van der Waals surface area contributed by atoms with E-state index in [1.807, 2.05) is 24.3 Å². The second kappa shape index (κ2) is 7.79. The van der Waals surface area contributed by atoms with Crippen molar-refractivity contribution < 1.29 is 4.39 Å². The Labute approximate surface area is 135 Å². The van der Waals surface area contributed by atoms with Gasteiger partial charge in [-0.15, -0.1) is 0 Å². The average molecular weight is 326 g/mol. The van der Waals surface area contributed by atoms with Crippen molar-refractivity contribution in [3.8, 4) is 0 Å². The molecule has 0 bridgehead atoms. The van der Waals surface area contributed by atoms with Gasteiger partial charge in [0.1, 0.15) is 5.82 Å². The number of hydrogen-bond donors (Lipinski definition) is 1. The van der Waals surface area contributed by atoms with Crippen LogP contribution in [0, 0.1) is 5.82 Å². The standard InChI is InChI=1S/C17H18Cl2FN/c1-2-9-21-17(12-3-6-14(18)7-4-12)10-13-5-8-15(20)11-16(13)19/h3-8,11,17,21H,2,9-10H2,1H3. The predicted octanol–water partition coefficient (Wildman–Crippen LogP) is 5.42. The molecule has 21 heavy (non-hydrogen) atoms. The van der Waals surface area contributed by atoms with Gasteiger partial charge < -0.3 is 5.32 Å². The van der Waals surface area contributed by atoms with Crippen molar-refractivity contribution in [3.63, 3.8) is 0 Å². The Morgan fingerprint density at radius 1 is 1.10 bits per heavy atom. The van der Waals surface area contributed by atoms with Gasteiger partial charge in [0.25, 0.3) is 0 Å². The molecule has 2 aromatic carbocycles. The number of hydrogen-bond acceptors (Lipinski definition) is 1. The lowest BCUT2D eigenvalue weighted by molar-refractivity contribution is 0.528. The third kappa shape index (κ3) is 4.70. The minimum absolute atomic E-state index is 0.130.